The van der Waals surface area contributed by atoms with Gasteiger partial charge in [0.15, 0.2) is 0 Å². The van der Waals surface area contributed by atoms with Crippen molar-refractivity contribution in [3.05, 3.63) is 0 Å². The van der Waals surface area contributed by atoms with Crippen LogP contribution in [-0.4, -0.2) is 20.3 Å². The van der Waals surface area contributed by atoms with Gasteiger partial charge in [0, 0.05) is 11.4 Å². The van der Waals surface area contributed by atoms with E-state index in [1.165, 1.54) is 12.2 Å². The van der Waals surface area contributed by atoms with E-state index in [-0.39, 0.29) is 14.5 Å². The number of rotatable bonds is 5. The van der Waals surface area contributed by atoms with Gasteiger partial charge in [0.25, 0.3) is 0 Å². The largest absolute Gasteiger partial charge is 0.407 e. The first kappa shape index (κ1) is 11.9. The van der Waals surface area contributed by atoms with Crippen molar-refractivity contribution in [3.8, 4) is 0 Å². The maximum atomic E-state index is 5.66. The third kappa shape index (κ3) is 10.9. The summed E-state index contributed by atoms with van der Waals surface area (Å²) in [5.74, 6) is 1.26. The van der Waals surface area contributed by atoms with Crippen LogP contribution < -0.4 is 0 Å². The normalized spacial score (nSPS) is 13.1. The van der Waals surface area contributed by atoms with Gasteiger partial charge >= 0.3 is 0 Å². The van der Waals surface area contributed by atoms with Crippen LogP contribution in [0.25, 0.3) is 0 Å². The maximum Gasteiger partial charge on any atom is 0.234 e. The molecule has 0 aliphatic rings. The molecule has 0 rings (SSSR count). The SMILES string of the molecule is CCCSS[SiH2]OC(C)(C)C. The topological polar surface area (TPSA) is 9.23 Å². The van der Waals surface area contributed by atoms with E-state index in [0.717, 1.165) is 0 Å². The van der Waals surface area contributed by atoms with Crippen molar-refractivity contribution in [1.82, 2.24) is 0 Å². The third-order valence-electron chi connectivity index (χ3n) is 0.911. The second-order valence-electron chi connectivity index (χ2n) is 3.31. The van der Waals surface area contributed by atoms with Gasteiger partial charge in [-0.3, -0.25) is 0 Å². The van der Waals surface area contributed by atoms with E-state index in [0.29, 0.717) is 0 Å². The Labute approximate surface area is 80.0 Å². The van der Waals surface area contributed by atoms with Crippen molar-refractivity contribution >= 4 is 29.9 Å². The highest BCUT2D eigenvalue weighted by Crippen LogP contribution is 2.21. The predicted molar refractivity (Wildman–Crippen MR) is 59.7 cm³/mol. The van der Waals surface area contributed by atoms with Gasteiger partial charge in [-0.15, -0.1) is 0 Å². The van der Waals surface area contributed by atoms with E-state index in [1.807, 2.05) is 21.0 Å². The van der Waals surface area contributed by atoms with Crippen LogP contribution in [0, 0.1) is 0 Å². The minimum Gasteiger partial charge on any atom is -0.407 e. The zero-order valence-corrected chi connectivity index (χ0v) is 10.9. The van der Waals surface area contributed by atoms with Gasteiger partial charge in [-0.1, -0.05) is 28.0 Å². The molecule has 68 valence electrons. The highest BCUT2D eigenvalue weighted by atomic mass is 33.2. The molecule has 0 aliphatic carbocycles. The van der Waals surface area contributed by atoms with Gasteiger partial charge in [0.05, 0.1) is 0 Å². The molecular formula is C7H18OS2Si. The molecule has 0 aromatic rings. The Morgan fingerprint density at radius 2 is 2.00 bits per heavy atom. The van der Waals surface area contributed by atoms with Crippen LogP contribution in [-0.2, 0) is 4.43 Å². The highest BCUT2D eigenvalue weighted by molar-refractivity contribution is 8.85. The fourth-order valence-corrected chi connectivity index (χ4v) is 5.50. The Balaban J connectivity index is 3.02. The summed E-state index contributed by atoms with van der Waals surface area (Å²) in [5, 5.41) is 0. The smallest absolute Gasteiger partial charge is 0.234 e. The Kier molecular flexibility index (Phi) is 6.91. The van der Waals surface area contributed by atoms with E-state index in [2.05, 4.69) is 27.7 Å². The Hall–Kier alpha value is 0.877. The van der Waals surface area contributed by atoms with Crippen molar-refractivity contribution in [2.75, 3.05) is 5.75 Å². The second-order valence-corrected chi connectivity index (χ2v) is 8.96. The fourth-order valence-electron chi connectivity index (χ4n) is 0.377. The van der Waals surface area contributed by atoms with Crippen LogP contribution in [0.4, 0.5) is 0 Å². The Bertz CT molecular complexity index is 92.9. The number of hydrogen-bond donors (Lipinski definition) is 0. The molecule has 0 saturated carbocycles. The van der Waals surface area contributed by atoms with Crippen LogP contribution >= 0.6 is 21.0 Å². The second kappa shape index (κ2) is 6.40. The molecule has 0 atom stereocenters. The lowest BCUT2D eigenvalue weighted by molar-refractivity contribution is 0.144. The van der Waals surface area contributed by atoms with E-state index in [9.17, 15) is 0 Å². The minimum absolute atomic E-state index is 0.0754. The summed E-state index contributed by atoms with van der Waals surface area (Å²) >= 11 is 0. The van der Waals surface area contributed by atoms with Crippen LogP contribution in [0.2, 0.25) is 0 Å². The van der Waals surface area contributed by atoms with Gasteiger partial charge in [0.2, 0.25) is 8.91 Å². The highest BCUT2D eigenvalue weighted by Gasteiger charge is 2.08. The van der Waals surface area contributed by atoms with E-state index < -0.39 is 0 Å². The van der Waals surface area contributed by atoms with Crippen molar-refractivity contribution < 1.29 is 4.43 Å². The van der Waals surface area contributed by atoms with Gasteiger partial charge in [-0.2, -0.15) is 0 Å². The molecule has 0 spiro atoms. The average Bonchev–Trinajstić information content (AvgIpc) is 1.85. The van der Waals surface area contributed by atoms with Gasteiger partial charge in [0.1, 0.15) is 0 Å². The summed E-state index contributed by atoms with van der Waals surface area (Å²) in [4.78, 5) is 0. The van der Waals surface area contributed by atoms with Crippen LogP contribution in [0.3, 0.4) is 0 Å². The van der Waals surface area contributed by atoms with Crippen molar-refractivity contribution in [3.63, 3.8) is 0 Å². The average molecular weight is 210 g/mol. The zero-order valence-electron chi connectivity index (χ0n) is 7.85. The first-order chi connectivity index (χ1) is 5.06. The molecule has 4 heteroatoms. The molecule has 0 heterocycles. The summed E-state index contributed by atoms with van der Waals surface area (Å²) < 4.78 is 5.66. The molecular weight excluding hydrogens is 192 g/mol. The molecule has 0 radical (unpaired) electrons. The Morgan fingerprint density at radius 3 is 2.45 bits per heavy atom. The summed E-state index contributed by atoms with van der Waals surface area (Å²) in [6.07, 6.45) is 1.27. The molecule has 0 bridgehead atoms. The van der Waals surface area contributed by atoms with E-state index >= 15 is 0 Å². The monoisotopic (exact) mass is 210 g/mol. The summed E-state index contributed by atoms with van der Waals surface area (Å²) in [7, 11) is 3.55. The van der Waals surface area contributed by atoms with E-state index in [1.54, 1.807) is 0 Å². The zero-order chi connectivity index (χ0) is 8.74. The van der Waals surface area contributed by atoms with Crippen LogP contribution in [0.1, 0.15) is 34.1 Å². The standard InChI is InChI=1S/C7H18OS2Si/c1-5-6-9-10-11-8-7(2,3)4/h5-6,11H2,1-4H3. The molecule has 0 aliphatic heterocycles. The van der Waals surface area contributed by atoms with Crippen molar-refractivity contribution in [1.29, 1.82) is 0 Å². The van der Waals surface area contributed by atoms with Gasteiger partial charge < -0.3 is 4.43 Å². The summed E-state index contributed by atoms with van der Waals surface area (Å²) in [6.45, 7) is 8.56. The van der Waals surface area contributed by atoms with Crippen molar-refractivity contribution in [2.24, 2.45) is 0 Å². The Morgan fingerprint density at radius 1 is 1.36 bits per heavy atom. The molecule has 0 N–H and O–H groups in total. The minimum atomic E-state index is -0.334. The first-order valence-corrected chi connectivity index (χ1v) is 8.74. The van der Waals surface area contributed by atoms with Crippen LogP contribution in [0.5, 0.6) is 0 Å². The fraction of sp³-hybridized carbons (Fsp3) is 1.00. The van der Waals surface area contributed by atoms with Crippen molar-refractivity contribution in [2.45, 2.75) is 39.7 Å². The summed E-state index contributed by atoms with van der Waals surface area (Å²) in [6, 6.07) is 0. The summed E-state index contributed by atoms with van der Waals surface area (Å²) in [5.41, 5.74) is 0.0754. The molecule has 0 unspecified atom stereocenters. The molecule has 0 aromatic heterocycles. The third-order valence-corrected chi connectivity index (χ3v) is 6.74. The molecule has 0 amide bonds. The molecule has 1 nitrogen and oxygen atoms in total. The van der Waals surface area contributed by atoms with Gasteiger partial charge in [-0.25, -0.2) is 0 Å². The maximum absolute atomic E-state index is 5.66. The quantitative estimate of drug-likeness (QED) is 0.392. The molecule has 0 aromatic carbocycles. The lowest BCUT2D eigenvalue weighted by Crippen LogP contribution is -2.19. The van der Waals surface area contributed by atoms with Gasteiger partial charge in [-0.05, 0) is 27.2 Å². The first-order valence-electron chi connectivity index (χ1n) is 3.94. The molecule has 0 saturated heterocycles. The van der Waals surface area contributed by atoms with E-state index in [4.69, 9.17) is 4.43 Å². The lowest BCUT2D eigenvalue weighted by atomic mass is 10.2. The predicted octanol–water partition coefficient (Wildman–Crippen LogP) is 2.59. The van der Waals surface area contributed by atoms with Crippen LogP contribution in [0.15, 0.2) is 0 Å². The lowest BCUT2D eigenvalue weighted by Gasteiger charge is -2.18. The number of hydrogen-bond acceptors (Lipinski definition) is 3. The molecule has 11 heavy (non-hydrogen) atoms. The molecule has 0 fully saturated rings.